The molecule has 0 saturated carbocycles. The molecular weight excluding hydrogens is 230 g/mol. The SMILES string of the molecule is C1=CC2Nc3ccccc3C2C(c2ccccc2)=C1. The molecule has 2 aromatic rings. The molecule has 0 bridgehead atoms. The van der Waals surface area contributed by atoms with Crippen molar-refractivity contribution in [2.75, 3.05) is 5.32 Å². The molecule has 2 aromatic carbocycles. The average Bonchev–Trinajstić information content (AvgIpc) is 2.86. The van der Waals surface area contributed by atoms with E-state index in [2.05, 4.69) is 78.1 Å². The lowest BCUT2D eigenvalue weighted by molar-refractivity contribution is 0.823. The second-order valence-corrected chi connectivity index (χ2v) is 5.11. The molecule has 1 N–H and O–H groups in total. The number of hydrogen-bond acceptors (Lipinski definition) is 1. The van der Waals surface area contributed by atoms with Crippen molar-refractivity contribution >= 4 is 11.3 Å². The maximum absolute atomic E-state index is 3.61. The van der Waals surface area contributed by atoms with E-state index in [9.17, 15) is 0 Å². The molecule has 2 unspecified atom stereocenters. The van der Waals surface area contributed by atoms with E-state index < -0.39 is 0 Å². The molecule has 0 amide bonds. The number of allylic oxidation sites excluding steroid dienone is 2. The van der Waals surface area contributed by atoms with Gasteiger partial charge in [-0.2, -0.15) is 0 Å². The summed E-state index contributed by atoms with van der Waals surface area (Å²) >= 11 is 0. The van der Waals surface area contributed by atoms with Crippen LogP contribution < -0.4 is 5.32 Å². The third-order valence-electron chi connectivity index (χ3n) is 4.01. The summed E-state index contributed by atoms with van der Waals surface area (Å²) in [5.74, 6) is 0.434. The number of fused-ring (bicyclic) bond motifs is 3. The van der Waals surface area contributed by atoms with Gasteiger partial charge < -0.3 is 5.32 Å². The maximum Gasteiger partial charge on any atom is 0.0557 e. The van der Waals surface area contributed by atoms with Gasteiger partial charge in [0.1, 0.15) is 0 Å². The first-order valence-corrected chi connectivity index (χ1v) is 6.73. The average molecular weight is 245 g/mol. The van der Waals surface area contributed by atoms with E-state index in [-0.39, 0.29) is 0 Å². The summed E-state index contributed by atoms with van der Waals surface area (Å²) in [6.07, 6.45) is 6.68. The Morgan fingerprint density at radius 3 is 2.53 bits per heavy atom. The van der Waals surface area contributed by atoms with Gasteiger partial charge in [0, 0.05) is 11.6 Å². The highest BCUT2D eigenvalue weighted by Gasteiger charge is 2.34. The van der Waals surface area contributed by atoms with Gasteiger partial charge in [0.05, 0.1) is 6.04 Å². The molecule has 1 aliphatic heterocycles. The second-order valence-electron chi connectivity index (χ2n) is 5.11. The van der Waals surface area contributed by atoms with E-state index in [1.807, 2.05) is 0 Å². The summed E-state index contributed by atoms with van der Waals surface area (Å²) in [6.45, 7) is 0. The molecule has 1 aliphatic carbocycles. The molecule has 0 radical (unpaired) electrons. The summed E-state index contributed by atoms with van der Waals surface area (Å²) in [4.78, 5) is 0. The Morgan fingerprint density at radius 1 is 0.842 bits per heavy atom. The topological polar surface area (TPSA) is 12.0 Å². The molecule has 1 heterocycles. The Bertz CT molecular complexity index is 667. The first-order valence-electron chi connectivity index (χ1n) is 6.73. The molecule has 1 nitrogen and oxygen atoms in total. The van der Waals surface area contributed by atoms with E-state index in [4.69, 9.17) is 0 Å². The lowest BCUT2D eigenvalue weighted by Crippen LogP contribution is -2.20. The Hall–Kier alpha value is -2.28. The first-order chi connectivity index (χ1) is 9.43. The fraction of sp³-hybridized carbons (Fsp3) is 0.111. The second kappa shape index (κ2) is 4.13. The Balaban J connectivity index is 1.85. The molecule has 4 rings (SSSR count). The lowest BCUT2D eigenvalue weighted by atomic mass is 9.81. The van der Waals surface area contributed by atoms with E-state index in [0.717, 1.165) is 0 Å². The molecule has 0 spiro atoms. The van der Waals surface area contributed by atoms with E-state index in [1.54, 1.807) is 0 Å². The fourth-order valence-electron chi connectivity index (χ4n) is 3.17. The molecule has 0 fully saturated rings. The minimum absolute atomic E-state index is 0.387. The quantitative estimate of drug-likeness (QED) is 0.793. The molecule has 2 atom stereocenters. The fourth-order valence-corrected chi connectivity index (χ4v) is 3.17. The van der Waals surface area contributed by atoms with Crippen molar-refractivity contribution in [2.45, 2.75) is 12.0 Å². The summed E-state index contributed by atoms with van der Waals surface area (Å²) in [5.41, 5.74) is 5.41. The predicted octanol–water partition coefficient (Wildman–Crippen LogP) is 4.22. The van der Waals surface area contributed by atoms with Crippen LogP contribution in [0.15, 0.2) is 72.8 Å². The molecule has 2 aliphatic rings. The van der Waals surface area contributed by atoms with Gasteiger partial charge in [-0.25, -0.2) is 0 Å². The summed E-state index contributed by atoms with van der Waals surface area (Å²) in [7, 11) is 0. The summed E-state index contributed by atoms with van der Waals surface area (Å²) < 4.78 is 0. The van der Waals surface area contributed by atoms with Gasteiger partial charge in [-0.1, -0.05) is 66.8 Å². The van der Waals surface area contributed by atoms with E-state index in [1.165, 1.54) is 22.4 Å². The van der Waals surface area contributed by atoms with E-state index in [0.29, 0.717) is 12.0 Å². The minimum Gasteiger partial charge on any atom is -0.378 e. The van der Waals surface area contributed by atoms with Crippen LogP contribution in [0.4, 0.5) is 5.69 Å². The van der Waals surface area contributed by atoms with Gasteiger partial charge in [-0.15, -0.1) is 0 Å². The van der Waals surface area contributed by atoms with Gasteiger partial charge in [0.2, 0.25) is 0 Å². The van der Waals surface area contributed by atoms with Gasteiger partial charge >= 0.3 is 0 Å². The van der Waals surface area contributed by atoms with Crippen molar-refractivity contribution in [1.29, 1.82) is 0 Å². The van der Waals surface area contributed by atoms with Crippen LogP contribution in [0.1, 0.15) is 17.0 Å². The molecule has 19 heavy (non-hydrogen) atoms. The molecular formula is C18H15N. The zero-order valence-corrected chi connectivity index (χ0v) is 10.6. The summed E-state index contributed by atoms with van der Waals surface area (Å²) in [6, 6.07) is 19.7. The van der Waals surface area contributed by atoms with Crippen LogP contribution in [0.5, 0.6) is 0 Å². The first kappa shape index (κ1) is 10.6. The molecule has 0 saturated heterocycles. The maximum atomic E-state index is 3.61. The van der Waals surface area contributed by atoms with Crippen molar-refractivity contribution in [3.05, 3.63) is 84.0 Å². The third kappa shape index (κ3) is 1.62. The molecule has 1 heteroatoms. The highest BCUT2D eigenvalue weighted by molar-refractivity contribution is 5.81. The van der Waals surface area contributed by atoms with Gasteiger partial charge in [0.25, 0.3) is 0 Å². The van der Waals surface area contributed by atoms with Crippen LogP contribution >= 0.6 is 0 Å². The zero-order chi connectivity index (χ0) is 12.7. The van der Waals surface area contributed by atoms with Crippen LogP contribution in [0.25, 0.3) is 5.57 Å². The van der Waals surface area contributed by atoms with Crippen molar-refractivity contribution in [1.82, 2.24) is 0 Å². The molecule has 92 valence electrons. The van der Waals surface area contributed by atoms with Gasteiger partial charge in [0.15, 0.2) is 0 Å². The zero-order valence-electron chi connectivity index (χ0n) is 10.6. The number of anilines is 1. The Morgan fingerprint density at radius 2 is 1.63 bits per heavy atom. The van der Waals surface area contributed by atoms with Crippen molar-refractivity contribution in [3.63, 3.8) is 0 Å². The minimum atomic E-state index is 0.387. The largest absolute Gasteiger partial charge is 0.378 e. The van der Waals surface area contributed by atoms with Crippen LogP contribution in [-0.2, 0) is 0 Å². The Labute approximate surface area is 113 Å². The summed E-state index contributed by atoms with van der Waals surface area (Å²) in [5, 5.41) is 3.61. The number of para-hydroxylation sites is 1. The predicted molar refractivity (Wildman–Crippen MR) is 80.2 cm³/mol. The van der Waals surface area contributed by atoms with Crippen molar-refractivity contribution in [2.24, 2.45) is 0 Å². The monoisotopic (exact) mass is 245 g/mol. The smallest absolute Gasteiger partial charge is 0.0557 e. The van der Waals surface area contributed by atoms with Crippen LogP contribution in [0.3, 0.4) is 0 Å². The van der Waals surface area contributed by atoms with E-state index >= 15 is 0 Å². The standard InChI is InChI=1S/C18H15N/c1-2-7-13(8-3-1)14-10-6-12-17-18(14)15-9-4-5-11-16(15)19-17/h1-12,17-19H. The van der Waals surface area contributed by atoms with Crippen molar-refractivity contribution < 1.29 is 0 Å². The molecule has 0 aromatic heterocycles. The number of nitrogens with one attached hydrogen (secondary N) is 1. The van der Waals surface area contributed by atoms with Crippen LogP contribution in [0.2, 0.25) is 0 Å². The number of hydrogen-bond donors (Lipinski definition) is 1. The highest BCUT2D eigenvalue weighted by Crippen LogP contribution is 2.46. The lowest BCUT2D eigenvalue weighted by Gasteiger charge is -2.24. The highest BCUT2D eigenvalue weighted by atomic mass is 15.0. The Kier molecular flexibility index (Phi) is 2.31. The van der Waals surface area contributed by atoms with Crippen LogP contribution in [-0.4, -0.2) is 6.04 Å². The number of rotatable bonds is 1. The van der Waals surface area contributed by atoms with Crippen LogP contribution in [0, 0.1) is 0 Å². The number of benzene rings is 2. The van der Waals surface area contributed by atoms with Gasteiger partial charge in [-0.3, -0.25) is 0 Å². The van der Waals surface area contributed by atoms with Gasteiger partial charge in [-0.05, 0) is 22.8 Å². The third-order valence-corrected chi connectivity index (χ3v) is 4.01. The van der Waals surface area contributed by atoms with Crippen molar-refractivity contribution in [3.8, 4) is 0 Å². The normalized spacial score (nSPS) is 23.3.